The highest BCUT2D eigenvalue weighted by Gasteiger charge is 2.31. The van der Waals surface area contributed by atoms with E-state index in [4.69, 9.17) is 4.74 Å². The minimum atomic E-state index is -0.944. The van der Waals surface area contributed by atoms with Crippen LogP contribution in [0.15, 0.2) is 54.9 Å². The predicted molar refractivity (Wildman–Crippen MR) is 132 cm³/mol. The number of rotatable bonds is 5. The normalized spacial score (nSPS) is 13.4. The Hall–Kier alpha value is -5.00. The molecule has 194 valence electrons. The third-order valence-electron chi connectivity index (χ3n) is 6.27. The van der Waals surface area contributed by atoms with Crippen LogP contribution in [0.3, 0.4) is 0 Å². The Bertz CT molecular complexity index is 1540. The number of piperazine rings is 1. The number of carbonyl (C=O) groups excluding carboxylic acids is 4. The number of ketones is 1. The van der Waals surface area contributed by atoms with E-state index in [0.29, 0.717) is 11.1 Å². The molecule has 0 spiro atoms. The summed E-state index contributed by atoms with van der Waals surface area (Å²) < 4.78 is 24.2. The molecule has 0 saturated carbocycles. The van der Waals surface area contributed by atoms with Crippen LogP contribution in [-0.2, 0) is 9.53 Å². The van der Waals surface area contributed by atoms with Crippen LogP contribution in [0.2, 0.25) is 0 Å². The molecule has 2 N–H and O–H groups in total. The van der Waals surface area contributed by atoms with Crippen molar-refractivity contribution in [2.45, 2.75) is 0 Å². The number of methoxy groups -OCH3 is 1. The number of imidazole rings is 1. The molecule has 12 heteroatoms. The van der Waals surface area contributed by atoms with Crippen molar-refractivity contribution < 1.29 is 33.0 Å². The standard InChI is InChI=1S/C26H22FN5O6/c1-37-26(36)38-19-14-29-23(30-19)16-7-8-18(27)20-17(13-28-21(16)20)22(33)25(35)32-11-9-31(10-12-32)24(34)15-5-3-2-4-6-15/h2-8,13-14,28H,9-12H2,1H3,(H,29,30). The van der Waals surface area contributed by atoms with Gasteiger partial charge in [0.1, 0.15) is 11.6 Å². The van der Waals surface area contributed by atoms with E-state index in [0.717, 1.165) is 13.2 Å². The van der Waals surface area contributed by atoms with Crippen LogP contribution in [-0.4, -0.2) is 81.8 Å². The number of hydrogen-bond acceptors (Lipinski definition) is 7. The molecule has 0 atom stereocenters. The van der Waals surface area contributed by atoms with Gasteiger partial charge in [0.15, 0.2) is 0 Å². The second-order valence-corrected chi connectivity index (χ2v) is 8.48. The van der Waals surface area contributed by atoms with E-state index in [2.05, 4.69) is 19.7 Å². The highest BCUT2D eigenvalue weighted by molar-refractivity contribution is 6.45. The zero-order chi connectivity index (χ0) is 26.8. The number of amides is 2. The lowest BCUT2D eigenvalue weighted by Crippen LogP contribution is -2.52. The van der Waals surface area contributed by atoms with Gasteiger partial charge >= 0.3 is 6.16 Å². The van der Waals surface area contributed by atoms with Gasteiger partial charge in [0.05, 0.1) is 24.4 Å². The topological polar surface area (TPSA) is 138 Å². The van der Waals surface area contributed by atoms with E-state index in [9.17, 15) is 23.6 Å². The van der Waals surface area contributed by atoms with Crippen molar-refractivity contribution >= 4 is 34.7 Å². The molecule has 38 heavy (non-hydrogen) atoms. The first-order valence-corrected chi connectivity index (χ1v) is 11.7. The number of hydrogen-bond donors (Lipinski definition) is 2. The van der Waals surface area contributed by atoms with E-state index in [1.165, 1.54) is 23.4 Å². The van der Waals surface area contributed by atoms with E-state index in [1.807, 2.05) is 6.07 Å². The van der Waals surface area contributed by atoms with Gasteiger partial charge in [-0.15, -0.1) is 0 Å². The fraction of sp³-hybridized carbons (Fsp3) is 0.192. The van der Waals surface area contributed by atoms with Crippen molar-refractivity contribution in [2.75, 3.05) is 33.3 Å². The molecule has 3 heterocycles. The molecule has 0 bridgehead atoms. The molecule has 11 nitrogen and oxygen atoms in total. The number of H-pyrrole nitrogens is 2. The van der Waals surface area contributed by atoms with Crippen LogP contribution < -0.4 is 4.74 Å². The van der Waals surface area contributed by atoms with Gasteiger partial charge in [-0.05, 0) is 24.3 Å². The summed E-state index contributed by atoms with van der Waals surface area (Å²) in [5, 5.41) is -0.0643. The molecule has 5 rings (SSSR count). The molecule has 1 saturated heterocycles. The number of halogens is 1. The summed E-state index contributed by atoms with van der Waals surface area (Å²) in [4.78, 5) is 63.0. The predicted octanol–water partition coefficient (Wildman–Crippen LogP) is 3.01. The van der Waals surface area contributed by atoms with Crippen molar-refractivity contribution in [3.63, 3.8) is 0 Å². The first kappa shape index (κ1) is 24.7. The highest BCUT2D eigenvalue weighted by atomic mass is 19.1. The van der Waals surface area contributed by atoms with E-state index in [-0.39, 0.29) is 60.3 Å². The third-order valence-corrected chi connectivity index (χ3v) is 6.27. The lowest BCUT2D eigenvalue weighted by Gasteiger charge is -2.34. The Morgan fingerprint density at radius 1 is 0.974 bits per heavy atom. The number of Topliss-reactive ketones (excluding diaryl/α,β-unsaturated/α-hetero) is 1. The number of benzene rings is 2. The van der Waals surface area contributed by atoms with Crippen LogP contribution in [0.1, 0.15) is 20.7 Å². The molecule has 2 amide bonds. The Morgan fingerprint density at radius 2 is 1.68 bits per heavy atom. The van der Waals surface area contributed by atoms with E-state index >= 15 is 0 Å². The summed E-state index contributed by atoms with van der Waals surface area (Å²) in [6, 6.07) is 11.4. The summed E-state index contributed by atoms with van der Waals surface area (Å²) in [6.07, 6.45) is 1.59. The van der Waals surface area contributed by atoms with Gasteiger partial charge in [-0.25, -0.2) is 14.2 Å². The zero-order valence-corrected chi connectivity index (χ0v) is 20.2. The number of fused-ring (bicyclic) bond motifs is 1. The highest BCUT2D eigenvalue weighted by Crippen LogP contribution is 2.31. The largest absolute Gasteiger partial charge is 0.514 e. The SMILES string of the molecule is COC(=O)Oc1cnc(-c2ccc(F)c3c(C(=O)C(=O)N4CCN(C(=O)c5ccccc5)CC4)c[nH]c23)[nH]1. The maximum atomic E-state index is 14.9. The van der Waals surface area contributed by atoms with Crippen LogP contribution >= 0.6 is 0 Å². The zero-order valence-electron chi connectivity index (χ0n) is 20.2. The monoisotopic (exact) mass is 519 g/mol. The Balaban J connectivity index is 1.33. The van der Waals surface area contributed by atoms with Crippen LogP contribution in [0.25, 0.3) is 22.3 Å². The van der Waals surface area contributed by atoms with Gasteiger partial charge in [-0.3, -0.25) is 14.4 Å². The minimum absolute atomic E-state index is 0.00671. The average molecular weight is 519 g/mol. The number of ether oxygens (including phenoxy) is 2. The Morgan fingerprint density at radius 3 is 2.39 bits per heavy atom. The second-order valence-electron chi connectivity index (χ2n) is 8.48. The summed E-state index contributed by atoms with van der Waals surface area (Å²) in [5.74, 6) is -2.25. The number of nitrogens with one attached hydrogen (secondary N) is 2. The molecular weight excluding hydrogens is 497 g/mol. The molecule has 1 fully saturated rings. The van der Waals surface area contributed by atoms with E-state index in [1.54, 1.807) is 29.2 Å². The van der Waals surface area contributed by atoms with E-state index < -0.39 is 23.7 Å². The fourth-order valence-corrected chi connectivity index (χ4v) is 4.34. The first-order valence-electron chi connectivity index (χ1n) is 11.7. The lowest BCUT2D eigenvalue weighted by atomic mass is 10.0. The van der Waals surface area contributed by atoms with Gasteiger partial charge in [0, 0.05) is 48.9 Å². The van der Waals surface area contributed by atoms with Crippen LogP contribution in [0, 0.1) is 5.82 Å². The first-order chi connectivity index (χ1) is 18.4. The molecule has 2 aromatic carbocycles. The quantitative estimate of drug-likeness (QED) is 0.235. The summed E-state index contributed by atoms with van der Waals surface area (Å²) in [7, 11) is 1.16. The van der Waals surface area contributed by atoms with Gasteiger partial charge in [0.2, 0.25) is 5.88 Å². The molecule has 0 radical (unpaired) electrons. The smallest absolute Gasteiger partial charge is 0.437 e. The lowest BCUT2D eigenvalue weighted by molar-refractivity contribution is -0.127. The van der Waals surface area contributed by atoms with Gasteiger partial charge in [-0.1, -0.05) is 18.2 Å². The summed E-state index contributed by atoms with van der Waals surface area (Å²) in [6.45, 7) is 0.893. The average Bonchev–Trinajstić information content (AvgIpc) is 3.61. The maximum absolute atomic E-state index is 14.9. The minimum Gasteiger partial charge on any atom is -0.437 e. The fourth-order valence-electron chi connectivity index (χ4n) is 4.34. The molecule has 1 aliphatic rings. The molecule has 1 aliphatic heterocycles. The van der Waals surface area contributed by atoms with Crippen molar-refractivity contribution in [3.05, 3.63) is 71.8 Å². The third kappa shape index (κ3) is 4.59. The van der Waals surface area contributed by atoms with Crippen molar-refractivity contribution in [2.24, 2.45) is 0 Å². The second kappa shape index (κ2) is 10.2. The Labute approximate surface area is 215 Å². The number of aromatic nitrogens is 3. The van der Waals surface area contributed by atoms with Crippen molar-refractivity contribution in [3.8, 4) is 17.3 Å². The van der Waals surface area contributed by atoms with Crippen LogP contribution in [0.4, 0.5) is 9.18 Å². The molecule has 0 aliphatic carbocycles. The number of aromatic amines is 2. The number of nitrogens with zero attached hydrogens (tertiary/aromatic N) is 3. The van der Waals surface area contributed by atoms with Gasteiger partial charge < -0.3 is 29.2 Å². The Kier molecular flexibility index (Phi) is 6.60. The summed E-state index contributed by atoms with van der Waals surface area (Å²) in [5.41, 5.74) is 1.05. The van der Waals surface area contributed by atoms with Crippen molar-refractivity contribution in [1.82, 2.24) is 24.8 Å². The maximum Gasteiger partial charge on any atom is 0.514 e. The molecule has 2 aromatic heterocycles. The molecule has 0 unspecified atom stereocenters. The number of carbonyl (C=O) groups is 4. The van der Waals surface area contributed by atoms with Gasteiger partial charge in [-0.2, -0.15) is 0 Å². The van der Waals surface area contributed by atoms with Gasteiger partial charge in [0.25, 0.3) is 17.6 Å². The molecular formula is C26H22FN5O6. The molecule has 4 aromatic rings. The summed E-state index contributed by atoms with van der Waals surface area (Å²) >= 11 is 0. The van der Waals surface area contributed by atoms with Crippen LogP contribution in [0.5, 0.6) is 5.88 Å². The van der Waals surface area contributed by atoms with Crippen molar-refractivity contribution in [1.29, 1.82) is 0 Å².